The van der Waals surface area contributed by atoms with Crippen LogP contribution in [0.5, 0.6) is 0 Å². The Balaban J connectivity index is 0. The van der Waals surface area contributed by atoms with Crippen molar-refractivity contribution in [3.05, 3.63) is 0 Å². The van der Waals surface area contributed by atoms with E-state index < -0.39 is 13.1 Å². The number of hydrogen-bond donors (Lipinski definition) is 7. The van der Waals surface area contributed by atoms with E-state index in [4.69, 9.17) is 38.0 Å². The molecule has 0 bridgehead atoms. The first kappa shape index (κ1) is 16.2. The van der Waals surface area contributed by atoms with Gasteiger partial charge in [0.05, 0.1) is 0 Å². The molecule has 14 heavy (non-hydrogen) atoms. The van der Waals surface area contributed by atoms with Crippen molar-refractivity contribution in [3.8, 4) is 0 Å². The number of hydrogen-bond acceptors (Lipinski definition) is 7. The Kier molecular flexibility index (Phi) is 10.8. The molecule has 0 aliphatic rings. The van der Waals surface area contributed by atoms with Gasteiger partial charge in [0, 0.05) is 0 Å². The minimum absolute atomic E-state index is 0.660. The normalized spacial score (nSPS) is 10.5. The van der Waals surface area contributed by atoms with Crippen molar-refractivity contribution in [2.45, 2.75) is 31.5 Å². The van der Waals surface area contributed by atoms with Crippen molar-refractivity contribution in [1.82, 2.24) is 0 Å². The molecule has 0 rings (SSSR count). The molecule has 0 amide bonds. The van der Waals surface area contributed by atoms with Crippen LogP contribution in [-0.4, -0.2) is 34.7 Å². The maximum Gasteiger partial charge on any atom is 0.631 e. The van der Waals surface area contributed by atoms with E-state index in [0.717, 1.165) is 25.8 Å². The van der Waals surface area contributed by atoms with Gasteiger partial charge < -0.3 is 38.0 Å². The highest BCUT2D eigenvalue weighted by Crippen LogP contribution is 2.01. The van der Waals surface area contributed by atoms with E-state index in [1.54, 1.807) is 0 Å². The summed E-state index contributed by atoms with van der Waals surface area (Å²) in [6.45, 7) is 0.729. The lowest BCUT2D eigenvalue weighted by Gasteiger charge is -2.17. The summed E-state index contributed by atoms with van der Waals surface area (Å²) in [5.41, 5.74) is 21.3. The fourth-order valence-electron chi connectivity index (χ4n) is 0.752. The summed E-state index contributed by atoms with van der Waals surface area (Å²) in [6.07, 6.45) is 3.70. The van der Waals surface area contributed by atoms with Crippen LogP contribution >= 0.6 is 0 Å². The van der Waals surface area contributed by atoms with Crippen LogP contribution in [0.25, 0.3) is 0 Å². The molecule has 0 unspecified atom stereocenters. The smallest absolute Gasteiger partial charge is 0.402 e. The van der Waals surface area contributed by atoms with Crippen molar-refractivity contribution in [2.75, 3.05) is 6.54 Å². The summed E-state index contributed by atoms with van der Waals surface area (Å²) < 4.78 is 0. The largest absolute Gasteiger partial charge is 0.631 e. The Bertz CT molecular complexity index is 117. The highest BCUT2D eigenvalue weighted by molar-refractivity contribution is 6.30. The molecule has 0 aromatic carbocycles. The van der Waals surface area contributed by atoms with E-state index in [1.165, 1.54) is 0 Å². The van der Waals surface area contributed by atoms with Crippen LogP contribution in [0.2, 0.25) is 0 Å². The number of nitrogens with two attached hydrogens (primary N) is 4. The first-order valence-electron chi connectivity index (χ1n) is 4.40. The molecule has 0 fully saturated rings. The van der Waals surface area contributed by atoms with Crippen LogP contribution < -0.4 is 22.9 Å². The lowest BCUT2D eigenvalue weighted by atomic mass is 10.1. The van der Waals surface area contributed by atoms with Gasteiger partial charge in [-0.2, -0.15) is 0 Å². The van der Waals surface area contributed by atoms with E-state index in [1.807, 2.05) is 0 Å². The minimum Gasteiger partial charge on any atom is -0.402 e. The molecule has 0 aliphatic heterocycles. The Hall–Kier alpha value is -0.215. The van der Waals surface area contributed by atoms with E-state index in [2.05, 4.69) is 0 Å². The Morgan fingerprint density at radius 3 is 1.64 bits per heavy atom. The van der Waals surface area contributed by atoms with E-state index >= 15 is 0 Å². The first-order chi connectivity index (χ1) is 6.29. The molecule has 0 aromatic heterocycles. The van der Waals surface area contributed by atoms with Gasteiger partial charge in [-0.1, -0.05) is 6.42 Å². The van der Waals surface area contributed by atoms with E-state index in [-0.39, 0.29) is 0 Å². The molecule has 0 radical (unpaired) electrons. The summed E-state index contributed by atoms with van der Waals surface area (Å²) in [7, 11) is -2.17. The summed E-state index contributed by atoms with van der Waals surface area (Å²) in [5.74, 6) is -0.991. The van der Waals surface area contributed by atoms with Crippen LogP contribution in [0.3, 0.4) is 0 Å². The van der Waals surface area contributed by atoms with Crippen molar-refractivity contribution < 1.29 is 15.1 Å². The van der Waals surface area contributed by atoms with Gasteiger partial charge in [0.2, 0.25) is 0 Å². The molecule has 11 N–H and O–H groups in total. The second-order valence-corrected chi connectivity index (χ2v) is 3.06. The highest BCUT2D eigenvalue weighted by atomic mass is 16.5. The van der Waals surface area contributed by atoms with Crippen LogP contribution in [0, 0.1) is 0 Å². The number of unbranched alkanes of at least 4 members (excludes halogenated alkanes) is 2. The molecule has 0 saturated heterocycles. The quantitative estimate of drug-likeness (QED) is 0.143. The SMILES string of the molecule is NCCCCCC(N)(N)N.OB(O)O. The van der Waals surface area contributed by atoms with E-state index in [9.17, 15) is 0 Å². The molecule has 0 aliphatic carbocycles. The third kappa shape index (κ3) is 29.8. The fraction of sp³-hybridized carbons (Fsp3) is 1.00. The van der Waals surface area contributed by atoms with Crippen LogP contribution in [0.15, 0.2) is 0 Å². The van der Waals surface area contributed by atoms with Crippen LogP contribution in [-0.2, 0) is 0 Å². The predicted octanol–water partition coefficient (Wildman–Crippen LogP) is -3.02. The maximum atomic E-state index is 7.17. The van der Waals surface area contributed by atoms with Gasteiger partial charge >= 0.3 is 7.32 Å². The third-order valence-corrected chi connectivity index (χ3v) is 1.31. The van der Waals surface area contributed by atoms with Crippen molar-refractivity contribution >= 4 is 7.32 Å². The first-order valence-corrected chi connectivity index (χ1v) is 4.40. The fourth-order valence-corrected chi connectivity index (χ4v) is 0.752. The van der Waals surface area contributed by atoms with Gasteiger partial charge in [-0.3, -0.25) is 0 Å². The van der Waals surface area contributed by atoms with Crippen LogP contribution in [0.1, 0.15) is 25.7 Å². The molecule has 8 heteroatoms. The molecule has 0 heterocycles. The lowest BCUT2D eigenvalue weighted by Crippen LogP contribution is -2.57. The predicted molar refractivity (Wildman–Crippen MR) is 55.2 cm³/mol. The average molecular weight is 208 g/mol. The van der Waals surface area contributed by atoms with Gasteiger partial charge in [0.25, 0.3) is 0 Å². The second-order valence-electron chi connectivity index (χ2n) is 3.06. The minimum atomic E-state index is -2.17. The monoisotopic (exact) mass is 208 g/mol. The Morgan fingerprint density at radius 2 is 1.36 bits per heavy atom. The lowest BCUT2D eigenvalue weighted by molar-refractivity contribution is 0.278. The van der Waals surface area contributed by atoms with Gasteiger partial charge in [-0.15, -0.1) is 0 Å². The Labute approximate surface area is 84.2 Å². The van der Waals surface area contributed by atoms with Gasteiger partial charge in [0.1, 0.15) is 5.79 Å². The molecule has 0 saturated carbocycles. The topological polar surface area (TPSA) is 165 Å². The zero-order chi connectivity index (χ0) is 11.6. The highest BCUT2D eigenvalue weighted by Gasteiger charge is 2.09. The Morgan fingerprint density at radius 1 is 0.929 bits per heavy atom. The standard InChI is InChI=1S/C6H18N4.BH3O3/c7-5-3-1-2-4-6(8,9)10;2-1(3)4/h1-5,7-10H2;2-4H. The molecule has 86 valence electrons. The average Bonchev–Trinajstić information content (AvgIpc) is 1.95. The molecule has 7 nitrogen and oxygen atoms in total. The van der Waals surface area contributed by atoms with Gasteiger partial charge in [0.15, 0.2) is 0 Å². The van der Waals surface area contributed by atoms with Gasteiger partial charge in [-0.05, 0) is 25.8 Å². The van der Waals surface area contributed by atoms with Crippen LogP contribution in [0.4, 0.5) is 0 Å². The second kappa shape index (κ2) is 9.34. The number of rotatable bonds is 5. The molecule has 0 aromatic rings. The van der Waals surface area contributed by atoms with Crippen molar-refractivity contribution in [3.63, 3.8) is 0 Å². The molecular formula is C6H21BN4O3. The summed E-state index contributed by atoms with van der Waals surface area (Å²) >= 11 is 0. The van der Waals surface area contributed by atoms with Gasteiger partial charge in [-0.25, -0.2) is 0 Å². The van der Waals surface area contributed by atoms with E-state index in [0.29, 0.717) is 6.42 Å². The zero-order valence-electron chi connectivity index (χ0n) is 8.26. The maximum absolute atomic E-state index is 7.17. The summed E-state index contributed by atoms with van der Waals surface area (Å²) in [5, 5.41) is 21.5. The van der Waals surface area contributed by atoms with Crippen molar-refractivity contribution in [1.29, 1.82) is 0 Å². The summed E-state index contributed by atoms with van der Waals surface area (Å²) in [4.78, 5) is 0. The molecule has 0 atom stereocenters. The van der Waals surface area contributed by atoms with Crippen molar-refractivity contribution in [2.24, 2.45) is 22.9 Å². The molecule has 0 spiro atoms. The zero-order valence-corrected chi connectivity index (χ0v) is 8.26. The summed E-state index contributed by atoms with van der Waals surface area (Å²) in [6, 6.07) is 0. The molecular weight excluding hydrogens is 187 g/mol. The third-order valence-electron chi connectivity index (χ3n) is 1.31.